The van der Waals surface area contributed by atoms with E-state index in [4.69, 9.17) is 5.26 Å². The summed E-state index contributed by atoms with van der Waals surface area (Å²) in [5, 5.41) is 12.3. The predicted octanol–water partition coefficient (Wildman–Crippen LogP) is 1.90. The van der Waals surface area contributed by atoms with E-state index in [1.165, 1.54) is 45.1 Å². The van der Waals surface area contributed by atoms with E-state index in [-0.39, 0.29) is 0 Å². The van der Waals surface area contributed by atoms with Crippen LogP contribution in [-0.4, -0.2) is 36.6 Å². The highest BCUT2D eigenvalue weighted by Gasteiger charge is 2.25. The van der Waals surface area contributed by atoms with Gasteiger partial charge < -0.3 is 5.32 Å². The largest absolute Gasteiger partial charge is 0.312 e. The SMILES string of the molecule is N#CCC1CN(C2CCCCC2)CCCN1. The van der Waals surface area contributed by atoms with Crippen LogP contribution in [0.5, 0.6) is 0 Å². The summed E-state index contributed by atoms with van der Waals surface area (Å²) in [4.78, 5) is 2.64. The minimum absolute atomic E-state index is 0.398. The molecule has 2 fully saturated rings. The second-order valence-corrected chi connectivity index (χ2v) is 5.15. The third-order valence-electron chi connectivity index (χ3n) is 3.94. The summed E-state index contributed by atoms with van der Waals surface area (Å²) in [6, 6.07) is 3.50. The lowest BCUT2D eigenvalue weighted by Crippen LogP contribution is -2.43. The van der Waals surface area contributed by atoms with Crippen LogP contribution in [0.1, 0.15) is 44.9 Å². The first-order chi connectivity index (χ1) is 7.90. The molecule has 1 aliphatic heterocycles. The minimum atomic E-state index is 0.398. The van der Waals surface area contributed by atoms with Gasteiger partial charge in [0.05, 0.1) is 12.5 Å². The molecule has 2 aliphatic rings. The van der Waals surface area contributed by atoms with Crippen molar-refractivity contribution < 1.29 is 0 Å². The number of hydrogen-bond donors (Lipinski definition) is 1. The molecule has 3 nitrogen and oxygen atoms in total. The Morgan fingerprint density at radius 1 is 1.19 bits per heavy atom. The van der Waals surface area contributed by atoms with Gasteiger partial charge in [-0.2, -0.15) is 5.26 Å². The highest BCUT2D eigenvalue weighted by atomic mass is 15.2. The Bertz CT molecular complexity index is 240. The van der Waals surface area contributed by atoms with Crippen LogP contribution in [0.25, 0.3) is 0 Å². The van der Waals surface area contributed by atoms with Crippen molar-refractivity contribution in [1.82, 2.24) is 10.2 Å². The van der Waals surface area contributed by atoms with Gasteiger partial charge in [-0.15, -0.1) is 0 Å². The third-order valence-corrected chi connectivity index (χ3v) is 3.94. The normalized spacial score (nSPS) is 29.6. The Labute approximate surface area is 98.8 Å². The van der Waals surface area contributed by atoms with Gasteiger partial charge in [0.25, 0.3) is 0 Å². The van der Waals surface area contributed by atoms with E-state index in [9.17, 15) is 0 Å². The van der Waals surface area contributed by atoms with E-state index >= 15 is 0 Å². The molecule has 3 heteroatoms. The zero-order valence-electron chi connectivity index (χ0n) is 10.1. The number of rotatable bonds is 2. The molecular weight excluding hydrogens is 198 g/mol. The van der Waals surface area contributed by atoms with Crippen LogP contribution >= 0.6 is 0 Å². The van der Waals surface area contributed by atoms with Crippen molar-refractivity contribution in [1.29, 1.82) is 5.26 Å². The summed E-state index contributed by atoms with van der Waals surface area (Å²) in [7, 11) is 0. The standard InChI is InChI=1S/C13H23N3/c14-8-7-12-11-16(10-4-9-15-12)13-5-2-1-3-6-13/h12-13,15H,1-7,9-11H2. The van der Waals surface area contributed by atoms with Crippen molar-refractivity contribution in [2.24, 2.45) is 0 Å². The fourth-order valence-corrected chi connectivity index (χ4v) is 3.05. The van der Waals surface area contributed by atoms with Crippen molar-refractivity contribution in [2.45, 2.75) is 57.0 Å². The molecule has 1 N–H and O–H groups in total. The molecule has 1 unspecified atom stereocenters. The highest BCUT2D eigenvalue weighted by Crippen LogP contribution is 2.23. The Morgan fingerprint density at radius 3 is 2.75 bits per heavy atom. The van der Waals surface area contributed by atoms with Gasteiger partial charge in [-0.25, -0.2) is 0 Å². The second kappa shape index (κ2) is 6.22. The van der Waals surface area contributed by atoms with Crippen molar-refractivity contribution >= 4 is 0 Å². The fraction of sp³-hybridized carbons (Fsp3) is 0.923. The predicted molar refractivity (Wildman–Crippen MR) is 65.1 cm³/mol. The first-order valence-electron chi connectivity index (χ1n) is 6.74. The summed E-state index contributed by atoms with van der Waals surface area (Å²) in [5.74, 6) is 0. The van der Waals surface area contributed by atoms with E-state index in [0.717, 1.165) is 19.1 Å². The zero-order valence-corrected chi connectivity index (χ0v) is 10.1. The van der Waals surface area contributed by atoms with E-state index in [1.807, 2.05) is 0 Å². The summed E-state index contributed by atoms with van der Waals surface area (Å²) < 4.78 is 0. The molecule has 1 atom stereocenters. The number of nitrogens with one attached hydrogen (secondary N) is 1. The van der Waals surface area contributed by atoms with E-state index in [1.54, 1.807) is 0 Å². The van der Waals surface area contributed by atoms with Crippen LogP contribution in [0, 0.1) is 11.3 Å². The number of nitrogens with zero attached hydrogens (tertiary/aromatic N) is 2. The Morgan fingerprint density at radius 2 is 2.00 bits per heavy atom. The lowest BCUT2D eigenvalue weighted by atomic mass is 9.94. The maximum atomic E-state index is 8.80. The molecular formula is C13H23N3. The molecule has 0 bridgehead atoms. The monoisotopic (exact) mass is 221 g/mol. The van der Waals surface area contributed by atoms with Crippen molar-refractivity contribution in [3.8, 4) is 6.07 Å². The van der Waals surface area contributed by atoms with Crippen molar-refractivity contribution in [3.05, 3.63) is 0 Å². The Balaban J connectivity index is 1.88. The quantitative estimate of drug-likeness (QED) is 0.774. The van der Waals surface area contributed by atoms with Crippen LogP contribution in [0.2, 0.25) is 0 Å². The zero-order chi connectivity index (χ0) is 11.2. The average Bonchev–Trinajstić information content (AvgIpc) is 2.56. The van der Waals surface area contributed by atoms with Gasteiger partial charge >= 0.3 is 0 Å². The van der Waals surface area contributed by atoms with Crippen LogP contribution in [0.3, 0.4) is 0 Å². The molecule has 2 rings (SSSR count). The van der Waals surface area contributed by atoms with Crippen LogP contribution in [-0.2, 0) is 0 Å². The van der Waals surface area contributed by atoms with E-state index < -0.39 is 0 Å². The Hall–Kier alpha value is -0.590. The van der Waals surface area contributed by atoms with Crippen molar-refractivity contribution in [3.63, 3.8) is 0 Å². The maximum absolute atomic E-state index is 8.80. The summed E-state index contributed by atoms with van der Waals surface area (Å²) in [6.45, 7) is 3.38. The molecule has 0 aromatic carbocycles. The van der Waals surface area contributed by atoms with Gasteiger partial charge in [-0.1, -0.05) is 19.3 Å². The highest BCUT2D eigenvalue weighted by molar-refractivity contribution is 4.87. The number of hydrogen-bond acceptors (Lipinski definition) is 3. The summed E-state index contributed by atoms with van der Waals surface area (Å²) in [6.07, 6.45) is 8.86. The molecule has 0 spiro atoms. The maximum Gasteiger partial charge on any atom is 0.0638 e. The molecule has 1 saturated heterocycles. The van der Waals surface area contributed by atoms with Gasteiger partial charge in [0.2, 0.25) is 0 Å². The molecule has 0 radical (unpaired) electrons. The molecule has 1 aliphatic carbocycles. The molecule has 0 aromatic heterocycles. The van der Waals surface area contributed by atoms with Gasteiger partial charge in [0.15, 0.2) is 0 Å². The van der Waals surface area contributed by atoms with Crippen LogP contribution < -0.4 is 5.32 Å². The van der Waals surface area contributed by atoms with E-state index in [0.29, 0.717) is 12.5 Å². The lowest BCUT2D eigenvalue weighted by Gasteiger charge is -2.34. The van der Waals surface area contributed by atoms with E-state index in [2.05, 4.69) is 16.3 Å². The lowest BCUT2D eigenvalue weighted by molar-refractivity contribution is 0.154. The number of nitriles is 1. The average molecular weight is 221 g/mol. The van der Waals surface area contributed by atoms with Gasteiger partial charge in [-0.05, 0) is 32.4 Å². The topological polar surface area (TPSA) is 39.1 Å². The molecule has 0 amide bonds. The molecule has 1 saturated carbocycles. The first kappa shape index (κ1) is 11.9. The summed E-state index contributed by atoms with van der Waals surface area (Å²) in [5.41, 5.74) is 0. The first-order valence-corrected chi connectivity index (χ1v) is 6.74. The minimum Gasteiger partial charge on any atom is -0.312 e. The summed E-state index contributed by atoms with van der Waals surface area (Å²) >= 11 is 0. The van der Waals surface area contributed by atoms with Gasteiger partial charge in [0.1, 0.15) is 0 Å². The molecule has 90 valence electrons. The van der Waals surface area contributed by atoms with Crippen LogP contribution in [0.4, 0.5) is 0 Å². The van der Waals surface area contributed by atoms with Crippen molar-refractivity contribution in [2.75, 3.05) is 19.6 Å². The Kier molecular flexibility index (Phi) is 4.62. The molecule has 0 aromatic rings. The fourth-order valence-electron chi connectivity index (χ4n) is 3.05. The molecule has 1 heterocycles. The van der Waals surface area contributed by atoms with Gasteiger partial charge in [-0.3, -0.25) is 4.90 Å². The van der Waals surface area contributed by atoms with Gasteiger partial charge in [0, 0.05) is 18.6 Å². The third kappa shape index (κ3) is 3.20. The van der Waals surface area contributed by atoms with Crippen LogP contribution in [0.15, 0.2) is 0 Å². The smallest absolute Gasteiger partial charge is 0.0638 e. The molecule has 16 heavy (non-hydrogen) atoms. The second-order valence-electron chi connectivity index (χ2n) is 5.15.